The molecule has 16 heavy (non-hydrogen) atoms. The average Bonchev–Trinajstić information content (AvgIpc) is 2.28. The molecule has 0 aliphatic rings. The molecule has 1 N–H and O–H groups in total. The van der Waals surface area contributed by atoms with Crippen LogP contribution in [0.4, 0.5) is 0 Å². The van der Waals surface area contributed by atoms with Crippen LogP contribution in [-0.2, 0) is 6.54 Å². The Bertz CT molecular complexity index is 328. The first-order valence-electron chi connectivity index (χ1n) is 5.37. The molecule has 0 aromatic heterocycles. The molecule has 1 rings (SSSR count). The van der Waals surface area contributed by atoms with Crippen LogP contribution in [0.1, 0.15) is 25.3 Å². The van der Waals surface area contributed by atoms with Crippen molar-refractivity contribution in [2.75, 3.05) is 5.88 Å². The lowest BCUT2D eigenvalue weighted by molar-refractivity contribution is 0.509. The predicted octanol–water partition coefficient (Wildman–Crippen LogP) is 4.49. The molecular formula is C12H16Cl3N. The minimum atomic E-state index is 0.439. The lowest BCUT2D eigenvalue weighted by Crippen LogP contribution is -2.25. The first-order chi connectivity index (χ1) is 7.65. The second-order valence-electron chi connectivity index (χ2n) is 3.83. The Hall–Kier alpha value is 0.0500. The van der Waals surface area contributed by atoms with Gasteiger partial charge in [0, 0.05) is 18.5 Å². The number of halogens is 3. The fourth-order valence-electron chi connectivity index (χ4n) is 1.45. The molecule has 0 bridgehead atoms. The molecule has 0 saturated heterocycles. The number of rotatable bonds is 6. The summed E-state index contributed by atoms with van der Waals surface area (Å²) in [6, 6.07) is 6.13. The monoisotopic (exact) mass is 279 g/mol. The number of hydrogen-bond acceptors (Lipinski definition) is 1. The van der Waals surface area contributed by atoms with Crippen LogP contribution in [0.25, 0.3) is 0 Å². The molecule has 1 atom stereocenters. The smallest absolute Gasteiger partial charge is 0.0637 e. The quantitative estimate of drug-likeness (QED) is 0.757. The largest absolute Gasteiger partial charge is 0.310 e. The van der Waals surface area contributed by atoms with Crippen molar-refractivity contribution in [3.63, 3.8) is 0 Å². The Morgan fingerprint density at radius 3 is 2.75 bits per heavy atom. The van der Waals surface area contributed by atoms with Gasteiger partial charge in [-0.3, -0.25) is 0 Å². The SMILES string of the molecule is CC(CCCCl)NCc1cccc(Cl)c1Cl. The molecule has 0 heterocycles. The molecule has 4 heteroatoms. The van der Waals surface area contributed by atoms with Crippen LogP contribution in [0.2, 0.25) is 10.0 Å². The number of alkyl halides is 1. The van der Waals surface area contributed by atoms with Crippen molar-refractivity contribution in [1.82, 2.24) is 5.32 Å². The van der Waals surface area contributed by atoms with Gasteiger partial charge in [-0.15, -0.1) is 11.6 Å². The first kappa shape index (κ1) is 14.1. The molecule has 1 nitrogen and oxygen atoms in total. The molecule has 0 aliphatic heterocycles. The van der Waals surface area contributed by atoms with Crippen LogP contribution in [-0.4, -0.2) is 11.9 Å². The molecular weight excluding hydrogens is 264 g/mol. The van der Waals surface area contributed by atoms with Gasteiger partial charge in [0.1, 0.15) is 0 Å². The third kappa shape index (κ3) is 4.50. The second kappa shape index (κ2) is 7.39. The Balaban J connectivity index is 2.45. The molecule has 1 unspecified atom stereocenters. The minimum Gasteiger partial charge on any atom is -0.310 e. The van der Waals surface area contributed by atoms with Crippen molar-refractivity contribution in [2.24, 2.45) is 0 Å². The normalized spacial score (nSPS) is 12.8. The third-order valence-electron chi connectivity index (χ3n) is 2.44. The summed E-state index contributed by atoms with van der Waals surface area (Å²) in [5, 5.41) is 4.65. The summed E-state index contributed by atoms with van der Waals surface area (Å²) in [4.78, 5) is 0. The van der Waals surface area contributed by atoms with Gasteiger partial charge in [-0.05, 0) is 31.4 Å². The highest BCUT2D eigenvalue weighted by Gasteiger charge is 2.06. The predicted molar refractivity (Wildman–Crippen MR) is 72.7 cm³/mol. The number of nitrogens with one attached hydrogen (secondary N) is 1. The maximum atomic E-state index is 6.09. The molecule has 0 fully saturated rings. The van der Waals surface area contributed by atoms with Crippen molar-refractivity contribution >= 4 is 34.8 Å². The van der Waals surface area contributed by atoms with Gasteiger partial charge >= 0.3 is 0 Å². The Morgan fingerprint density at radius 2 is 2.06 bits per heavy atom. The highest BCUT2D eigenvalue weighted by molar-refractivity contribution is 6.42. The summed E-state index contributed by atoms with van der Waals surface area (Å²) in [6.45, 7) is 2.88. The Morgan fingerprint density at radius 1 is 1.31 bits per heavy atom. The molecule has 0 radical (unpaired) electrons. The van der Waals surface area contributed by atoms with Crippen LogP contribution in [0.15, 0.2) is 18.2 Å². The van der Waals surface area contributed by atoms with Gasteiger partial charge in [0.25, 0.3) is 0 Å². The molecule has 1 aromatic rings. The van der Waals surface area contributed by atoms with Crippen molar-refractivity contribution in [3.05, 3.63) is 33.8 Å². The van der Waals surface area contributed by atoms with E-state index in [0.29, 0.717) is 22.0 Å². The van der Waals surface area contributed by atoms with E-state index < -0.39 is 0 Å². The highest BCUT2D eigenvalue weighted by Crippen LogP contribution is 2.25. The fraction of sp³-hybridized carbons (Fsp3) is 0.500. The summed E-state index contributed by atoms with van der Waals surface area (Å²) >= 11 is 17.7. The van der Waals surface area contributed by atoms with Crippen LogP contribution in [0.5, 0.6) is 0 Å². The standard InChI is InChI=1S/C12H16Cl3N/c1-9(4-3-7-13)16-8-10-5-2-6-11(14)12(10)15/h2,5-6,9,16H,3-4,7-8H2,1H3. The summed E-state index contributed by atoms with van der Waals surface area (Å²) < 4.78 is 0. The molecule has 0 amide bonds. The lowest BCUT2D eigenvalue weighted by atomic mass is 10.1. The van der Waals surface area contributed by atoms with Gasteiger partial charge in [-0.25, -0.2) is 0 Å². The van der Waals surface area contributed by atoms with Crippen LogP contribution >= 0.6 is 34.8 Å². The Kier molecular flexibility index (Phi) is 6.52. The van der Waals surface area contributed by atoms with E-state index in [4.69, 9.17) is 34.8 Å². The van der Waals surface area contributed by atoms with E-state index in [2.05, 4.69) is 12.2 Å². The van der Waals surface area contributed by atoms with Crippen molar-refractivity contribution in [1.29, 1.82) is 0 Å². The highest BCUT2D eigenvalue weighted by atomic mass is 35.5. The average molecular weight is 281 g/mol. The molecule has 90 valence electrons. The zero-order chi connectivity index (χ0) is 12.0. The maximum absolute atomic E-state index is 6.09. The minimum absolute atomic E-state index is 0.439. The molecule has 0 saturated carbocycles. The first-order valence-corrected chi connectivity index (χ1v) is 6.66. The molecule has 0 spiro atoms. The van der Waals surface area contributed by atoms with E-state index >= 15 is 0 Å². The summed E-state index contributed by atoms with van der Waals surface area (Å²) in [5.74, 6) is 0.712. The summed E-state index contributed by atoms with van der Waals surface area (Å²) in [5.41, 5.74) is 1.03. The van der Waals surface area contributed by atoms with Gasteiger partial charge < -0.3 is 5.32 Å². The van der Waals surface area contributed by atoms with E-state index in [1.54, 1.807) is 6.07 Å². The van der Waals surface area contributed by atoms with Crippen LogP contribution in [0, 0.1) is 0 Å². The van der Waals surface area contributed by atoms with Crippen LogP contribution in [0.3, 0.4) is 0 Å². The molecule has 0 aliphatic carbocycles. The second-order valence-corrected chi connectivity index (χ2v) is 4.99. The fourth-order valence-corrected chi connectivity index (χ4v) is 2.00. The van der Waals surface area contributed by atoms with E-state index in [0.717, 1.165) is 24.9 Å². The Labute approximate surface area is 112 Å². The number of hydrogen-bond donors (Lipinski definition) is 1. The van der Waals surface area contributed by atoms with E-state index in [1.807, 2.05) is 12.1 Å². The van der Waals surface area contributed by atoms with E-state index in [-0.39, 0.29) is 0 Å². The van der Waals surface area contributed by atoms with Gasteiger partial charge in [0.05, 0.1) is 10.0 Å². The van der Waals surface area contributed by atoms with Gasteiger partial charge in [-0.1, -0.05) is 35.3 Å². The van der Waals surface area contributed by atoms with Crippen molar-refractivity contribution < 1.29 is 0 Å². The lowest BCUT2D eigenvalue weighted by Gasteiger charge is -2.14. The van der Waals surface area contributed by atoms with Gasteiger partial charge in [0.15, 0.2) is 0 Å². The number of benzene rings is 1. The van der Waals surface area contributed by atoms with Gasteiger partial charge in [-0.2, -0.15) is 0 Å². The summed E-state index contributed by atoms with van der Waals surface area (Å²) in [6.07, 6.45) is 2.10. The zero-order valence-electron chi connectivity index (χ0n) is 9.27. The third-order valence-corrected chi connectivity index (χ3v) is 3.57. The van der Waals surface area contributed by atoms with Crippen molar-refractivity contribution in [2.45, 2.75) is 32.4 Å². The topological polar surface area (TPSA) is 12.0 Å². The van der Waals surface area contributed by atoms with E-state index in [9.17, 15) is 0 Å². The molecule has 1 aromatic carbocycles. The van der Waals surface area contributed by atoms with Crippen LogP contribution < -0.4 is 5.32 Å². The van der Waals surface area contributed by atoms with Crippen molar-refractivity contribution in [3.8, 4) is 0 Å². The zero-order valence-corrected chi connectivity index (χ0v) is 11.5. The maximum Gasteiger partial charge on any atom is 0.0637 e. The summed E-state index contributed by atoms with van der Waals surface area (Å²) in [7, 11) is 0. The van der Waals surface area contributed by atoms with E-state index in [1.165, 1.54) is 0 Å². The van der Waals surface area contributed by atoms with Gasteiger partial charge in [0.2, 0.25) is 0 Å².